The lowest BCUT2D eigenvalue weighted by atomic mass is 10.1. The minimum Gasteiger partial charge on any atom is -0.489 e. The number of hydrogen-bond acceptors (Lipinski definition) is 4. The van der Waals surface area contributed by atoms with Crippen LogP contribution >= 0.6 is 0 Å². The maximum atomic E-state index is 12.0. The standard InChI is InChI=1S/C18H20N4O3/c19-16(23)8-9-22-18(24)14-2-1-3-15(10-14)25-11-12-4-6-13(7-5-12)17(20)21/h1-7,10H,8-9,11H2,(H2,19,23)(H3,20,21)(H,22,24). The highest BCUT2D eigenvalue weighted by molar-refractivity contribution is 5.95. The third kappa shape index (κ3) is 5.65. The Hall–Kier alpha value is -3.35. The highest BCUT2D eigenvalue weighted by Gasteiger charge is 2.07. The zero-order valence-corrected chi connectivity index (χ0v) is 13.6. The average Bonchev–Trinajstić information content (AvgIpc) is 2.60. The minimum absolute atomic E-state index is 0.0162. The van der Waals surface area contributed by atoms with Crippen molar-refractivity contribution in [1.82, 2.24) is 5.32 Å². The van der Waals surface area contributed by atoms with Crippen LogP contribution in [0.3, 0.4) is 0 Å². The van der Waals surface area contributed by atoms with Gasteiger partial charge in [0.15, 0.2) is 0 Å². The van der Waals surface area contributed by atoms with E-state index in [1.54, 1.807) is 36.4 Å². The van der Waals surface area contributed by atoms with Crippen LogP contribution in [0.15, 0.2) is 48.5 Å². The van der Waals surface area contributed by atoms with E-state index in [2.05, 4.69) is 5.32 Å². The Morgan fingerprint density at radius 1 is 1.04 bits per heavy atom. The van der Waals surface area contributed by atoms with Gasteiger partial charge in [-0.15, -0.1) is 0 Å². The monoisotopic (exact) mass is 340 g/mol. The molecule has 7 nitrogen and oxygen atoms in total. The Bertz CT molecular complexity index is 772. The molecule has 0 aromatic heterocycles. The molecule has 0 unspecified atom stereocenters. The Morgan fingerprint density at radius 3 is 2.40 bits per heavy atom. The number of carbonyl (C=O) groups is 2. The van der Waals surface area contributed by atoms with Crippen LogP contribution in [-0.2, 0) is 11.4 Å². The van der Waals surface area contributed by atoms with Crippen LogP contribution in [0, 0.1) is 5.41 Å². The molecular weight excluding hydrogens is 320 g/mol. The summed E-state index contributed by atoms with van der Waals surface area (Å²) < 4.78 is 5.69. The van der Waals surface area contributed by atoms with Crippen molar-refractivity contribution in [2.75, 3.05) is 6.54 Å². The topological polar surface area (TPSA) is 131 Å². The smallest absolute Gasteiger partial charge is 0.251 e. The molecule has 6 N–H and O–H groups in total. The van der Waals surface area contributed by atoms with Gasteiger partial charge in [0.25, 0.3) is 5.91 Å². The Balaban J connectivity index is 1.93. The summed E-state index contributed by atoms with van der Waals surface area (Å²) in [5.41, 5.74) is 12.5. The molecule has 25 heavy (non-hydrogen) atoms. The maximum Gasteiger partial charge on any atom is 0.251 e. The number of primary amides is 1. The van der Waals surface area contributed by atoms with Gasteiger partial charge in [0.05, 0.1) is 0 Å². The zero-order valence-electron chi connectivity index (χ0n) is 13.6. The summed E-state index contributed by atoms with van der Waals surface area (Å²) in [5.74, 6) is -0.189. The van der Waals surface area contributed by atoms with Crippen LogP contribution in [0.2, 0.25) is 0 Å². The van der Waals surface area contributed by atoms with E-state index < -0.39 is 5.91 Å². The number of carbonyl (C=O) groups excluding carboxylic acids is 2. The number of nitrogen functional groups attached to an aromatic ring is 1. The molecule has 0 radical (unpaired) electrons. The van der Waals surface area contributed by atoms with Crippen molar-refractivity contribution < 1.29 is 14.3 Å². The Kier molecular flexibility index (Phi) is 6.11. The summed E-state index contributed by atoms with van der Waals surface area (Å²) >= 11 is 0. The van der Waals surface area contributed by atoms with Crippen molar-refractivity contribution in [3.63, 3.8) is 0 Å². The molecule has 7 heteroatoms. The van der Waals surface area contributed by atoms with Crippen molar-refractivity contribution in [3.05, 3.63) is 65.2 Å². The van der Waals surface area contributed by atoms with Gasteiger partial charge in [-0.05, 0) is 23.8 Å². The molecule has 0 spiro atoms. The van der Waals surface area contributed by atoms with Crippen LogP contribution in [0.25, 0.3) is 0 Å². The number of nitrogens with two attached hydrogens (primary N) is 2. The van der Waals surface area contributed by atoms with Crippen LogP contribution in [-0.4, -0.2) is 24.2 Å². The normalized spacial score (nSPS) is 10.1. The van der Waals surface area contributed by atoms with Gasteiger partial charge in [0, 0.05) is 24.1 Å². The molecule has 0 bridgehead atoms. The first kappa shape index (κ1) is 18.0. The predicted octanol–water partition coefficient (Wildman–Crippen LogP) is 1.15. The van der Waals surface area contributed by atoms with Gasteiger partial charge in [-0.3, -0.25) is 15.0 Å². The van der Waals surface area contributed by atoms with Gasteiger partial charge in [-0.2, -0.15) is 0 Å². The lowest BCUT2D eigenvalue weighted by Crippen LogP contribution is -2.27. The average molecular weight is 340 g/mol. The van der Waals surface area contributed by atoms with E-state index in [1.165, 1.54) is 0 Å². The van der Waals surface area contributed by atoms with Gasteiger partial charge >= 0.3 is 0 Å². The molecule has 0 saturated heterocycles. The van der Waals surface area contributed by atoms with Crippen LogP contribution in [0.1, 0.15) is 27.9 Å². The van der Waals surface area contributed by atoms with E-state index in [9.17, 15) is 9.59 Å². The van der Waals surface area contributed by atoms with E-state index in [0.717, 1.165) is 5.56 Å². The molecule has 2 rings (SSSR count). The summed E-state index contributed by atoms with van der Waals surface area (Å²) in [5, 5.41) is 9.98. The van der Waals surface area contributed by atoms with Crippen LogP contribution in [0.4, 0.5) is 0 Å². The number of hydrogen-bond donors (Lipinski definition) is 4. The predicted molar refractivity (Wildman–Crippen MR) is 94.4 cm³/mol. The Morgan fingerprint density at radius 2 is 1.76 bits per heavy atom. The quantitative estimate of drug-likeness (QED) is 0.424. The molecule has 2 amide bonds. The highest BCUT2D eigenvalue weighted by atomic mass is 16.5. The summed E-state index contributed by atoms with van der Waals surface area (Å²) in [6.45, 7) is 0.521. The first-order valence-corrected chi connectivity index (χ1v) is 7.68. The number of benzene rings is 2. The van der Waals surface area contributed by atoms with Crippen molar-refractivity contribution in [2.45, 2.75) is 13.0 Å². The first-order chi connectivity index (χ1) is 12.0. The van der Waals surface area contributed by atoms with E-state index in [4.69, 9.17) is 21.6 Å². The fourth-order valence-electron chi connectivity index (χ4n) is 2.08. The van der Waals surface area contributed by atoms with E-state index in [1.807, 2.05) is 12.1 Å². The Labute approximate surface area is 145 Å². The van der Waals surface area contributed by atoms with Crippen molar-refractivity contribution in [2.24, 2.45) is 11.5 Å². The third-order valence-electron chi connectivity index (χ3n) is 3.42. The fourth-order valence-corrected chi connectivity index (χ4v) is 2.08. The number of rotatable bonds is 8. The summed E-state index contributed by atoms with van der Waals surface area (Å²) in [7, 11) is 0. The highest BCUT2D eigenvalue weighted by Crippen LogP contribution is 2.15. The number of amides is 2. The molecule has 0 aliphatic rings. The van der Waals surface area contributed by atoms with E-state index in [0.29, 0.717) is 23.5 Å². The van der Waals surface area contributed by atoms with E-state index >= 15 is 0 Å². The minimum atomic E-state index is -0.465. The molecule has 130 valence electrons. The molecular formula is C18H20N4O3. The van der Waals surface area contributed by atoms with Crippen LogP contribution in [0.5, 0.6) is 5.75 Å². The van der Waals surface area contributed by atoms with Crippen molar-refractivity contribution in [3.8, 4) is 5.75 Å². The molecule has 2 aromatic carbocycles. The molecule has 0 aliphatic heterocycles. The molecule has 0 heterocycles. The van der Waals surface area contributed by atoms with Crippen molar-refractivity contribution in [1.29, 1.82) is 5.41 Å². The van der Waals surface area contributed by atoms with Gasteiger partial charge in [0.2, 0.25) is 5.91 Å². The molecule has 2 aromatic rings. The van der Waals surface area contributed by atoms with Gasteiger partial charge in [0.1, 0.15) is 18.2 Å². The second-order valence-electron chi connectivity index (χ2n) is 5.40. The van der Waals surface area contributed by atoms with Gasteiger partial charge in [-0.25, -0.2) is 0 Å². The van der Waals surface area contributed by atoms with E-state index in [-0.39, 0.29) is 24.7 Å². The molecule has 0 atom stereocenters. The summed E-state index contributed by atoms with van der Waals surface area (Å²) in [6.07, 6.45) is 0.0954. The largest absolute Gasteiger partial charge is 0.489 e. The number of amidine groups is 1. The molecule has 0 fully saturated rings. The summed E-state index contributed by atoms with van der Waals surface area (Å²) in [6, 6.07) is 13.9. The molecule has 0 saturated carbocycles. The van der Waals surface area contributed by atoms with Crippen LogP contribution < -0.4 is 21.5 Å². The number of ether oxygens (including phenoxy) is 1. The fraction of sp³-hybridized carbons (Fsp3) is 0.167. The molecule has 0 aliphatic carbocycles. The maximum absolute atomic E-state index is 12.0. The summed E-state index contributed by atoms with van der Waals surface area (Å²) in [4.78, 5) is 22.7. The van der Waals surface area contributed by atoms with Gasteiger partial charge < -0.3 is 21.5 Å². The van der Waals surface area contributed by atoms with Gasteiger partial charge in [-0.1, -0.05) is 30.3 Å². The third-order valence-corrected chi connectivity index (χ3v) is 3.42. The second kappa shape index (κ2) is 8.49. The van der Waals surface area contributed by atoms with Crippen molar-refractivity contribution >= 4 is 17.6 Å². The SMILES string of the molecule is N=C(N)c1ccc(COc2cccc(C(=O)NCCC(N)=O)c2)cc1. The lowest BCUT2D eigenvalue weighted by Gasteiger charge is -2.09. The lowest BCUT2D eigenvalue weighted by molar-refractivity contribution is -0.117. The first-order valence-electron chi connectivity index (χ1n) is 7.68. The zero-order chi connectivity index (χ0) is 18.2. The number of nitrogens with one attached hydrogen (secondary N) is 2. The second-order valence-corrected chi connectivity index (χ2v) is 5.40.